The summed E-state index contributed by atoms with van der Waals surface area (Å²) in [7, 11) is 0. The minimum Gasteiger partial charge on any atom is -0.464 e. The molecule has 0 radical (unpaired) electrons. The van der Waals surface area contributed by atoms with Gasteiger partial charge >= 0.3 is 0 Å². The lowest BCUT2D eigenvalue weighted by Gasteiger charge is -2.05. The number of nitro groups is 1. The van der Waals surface area contributed by atoms with Crippen molar-refractivity contribution in [1.82, 2.24) is 0 Å². The molecule has 1 heterocycles. The summed E-state index contributed by atoms with van der Waals surface area (Å²) in [6, 6.07) is 8.87. The van der Waals surface area contributed by atoms with E-state index in [1.807, 2.05) is 19.1 Å². The van der Waals surface area contributed by atoms with Crippen LogP contribution < -0.4 is 5.32 Å². The number of hydrogen-bond acceptors (Lipinski definition) is 4. The molecule has 0 atom stereocenters. The number of nitrogens with one attached hydrogen (secondary N) is 1. The van der Waals surface area contributed by atoms with Crippen molar-refractivity contribution in [2.75, 3.05) is 5.32 Å². The molecule has 5 nitrogen and oxygen atoms in total. The van der Waals surface area contributed by atoms with Crippen molar-refractivity contribution in [3.8, 4) is 0 Å². The molecule has 5 heteroatoms. The maximum absolute atomic E-state index is 10.7. The highest BCUT2D eigenvalue weighted by Gasteiger charge is 2.10. The fourth-order valence-electron chi connectivity index (χ4n) is 1.87. The monoisotopic (exact) mass is 260 g/mol. The lowest BCUT2D eigenvalue weighted by atomic mass is 10.2. The average molecular weight is 260 g/mol. The molecule has 0 saturated carbocycles. The molecule has 0 saturated heterocycles. The van der Waals surface area contributed by atoms with Crippen LogP contribution in [0.1, 0.15) is 24.0 Å². The first-order chi connectivity index (χ1) is 9.10. The van der Waals surface area contributed by atoms with Crippen molar-refractivity contribution in [3.63, 3.8) is 0 Å². The third kappa shape index (κ3) is 3.13. The van der Waals surface area contributed by atoms with E-state index >= 15 is 0 Å². The first-order valence-corrected chi connectivity index (χ1v) is 6.16. The number of nitrogens with zero attached hydrogens (tertiary/aromatic N) is 1. The molecule has 0 bridgehead atoms. The van der Waals surface area contributed by atoms with Crippen LogP contribution in [0.3, 0.4) is 0 Å². The molecule has 1 aromatic carbocycles. The van der Waals surface area contributed by atoms with Crippen molar-refractivity contribution in [1.29, 1.82) is 0 Å². The summed E-state index contributed by atoms with van der Waals surface area (Å²) < 4.78 is 5.58. The van der Waals surface area contributed by atoms with Crippen LogP contribution in [-0.2, 0) is 13.0 Å². The topological polar surface area (TPSA) is 68.3 Å². The first-order valence-electron chi connectivity index (χ1n) is 6.16. The van der Waals surface area contributed by atoms with Crippen molar-refractivity contribution in [2.24, 2.45) is 0 Å². The Bertz CT molecular complexity index is 590. The van der Waals surface area contributed by atoms with Crippen LogP contribution in [0, 0.1) is 17.0 Å². The molecule has 1 aromatic heterocycles. The highest BCUT2D eigenvalue weighted by Crippen LogP contribution is 2.22. The standard InChI is InChI=1S/C14H16N2O3/c1-3-12-5-6-13(19-12)9-15-11-4-7-14(16(17)18)10(2)8-11/h4-8,15H,3,9H2,1-2H3. The molecule has 2 rings (SSSR count). The molecule has 0 unspecified atom stereocenters. The molecule has 19 heavy (non-hydrogen) atoms. The number of aryl methyl sites for hydroxylation is 2. The minimum absolute atomic E-state index is 0.136. The number of rotatable bonds is 5. The molecule has 0 amide bonds. The van der Waals surface area contributed by atoms with Crippen molar-refractivity contribution in [2.45, 2.75) is 26.8 Å². The fraction of sp³-hybridized carbons (Fsp3) is 0.286. The second kappa shape index (κ2) is 5.56. The second-order valence-electron chi connectivity index (χ2n) is 4.33. The Morgan fingerprint density at radius 3 is 2.58 bits per heavy atom. The third-order valence-corrected chi connectivity index (χ3v) is 2.93. The van der Waals surface area contributed by atoms with Crippen molar-refractivity contribution < 1.29 is 9.34 Å². The molecule has 0 aliphatic heterocycles. The predicted molar refractivity (Wildman–Crippen MR) is 73.2 cm³/mol. The van der Waals surface area contributed by atoms with Crippen LogP contribution in [0.4, 0.5) is 11.4 Å². The lowest BCUT2D eigenvalue weighted by molar-refractivity contribution is -0.385. The van der Waals surface area contributed by atoms with E-state index in [2.05, 4.69) is 5.32 Å². The van der Waals surface area contributed by atoms with Gasteiger partial charge in [0.05, 0.1) is 11.5 Å². The normalized spacial score (nSPS) is 10.4. The molecule has 0 aliphatic carbocycles. The Morgan fingerprint density at radius 2 is 2.00 bits per heavy atom. The Balaban J connectivity index is 2.03. The van der Waals surface area contributed by atoms with Crippen LogP contribution in [0.25, 0.3) is 0 Å². The summed E-state index contributed by atoms with van der Waals surface area (Å²) in [5, 5.41) is 13.9. The maximum Gasteiger partial charge on any atom is 0.272 e. The van der Waals surface area contributed by atoms with E-state index in [4.69, 9.17) is 4.42 Å². The predicted octanol–water partition coefficient (Wildman–Crippen LogP) is 3.67. The van der Waals surface area contributed by atoms with Gasteiger partial charge in [-0.2, -0.15) is 0 Å². The zero-order valence-electron chi connectivity index (χ0n) is 11.0. The number of furan rings is 1. The van der Waals surface area contributed by atoms with E-state index in [-0.39, 0.29) is 10.6 Å². The van der Waals surface area contributed by atoms with Crippen molar-refractivity contribution in [3.05, 3.63) is 57.5 Å². The molecular weight excluding hydrogens is 244 g/mol. The second-order valence-corrected chi connectivity index (χ2v) is 4.33. The van der Waals surface area contributed by atoms with E-state index in [0.29, 0.717) is 12.1 Å². The fourth-order valence-corrected chi connectivity index (χ4v) is 1.87. The lowest BCUT2D eigenvalue weighted by Crippen LogP contribution is -1.99. The molecule has 100 valence electrons. The Hall–Kier alpha value is -2.30. The van der Waals surface area contributed by atoms with E-state index in [1.54, 1.807) is 19.1 Å². The largest absolute Gasteiger partial charge is 0.464 e. The van der Waals surface area contributed by atoms with E-state index < -0.39 is 0 Å². The third-order valence-electron chi connectivity index (χ3n) is 2.93. The number of nitro benzene ring substituents is 1. The Morgan fingerprint density at radius 1 is 1.26 bits per heavy atom. The minimum atomic E-state index is -0.376. The quantitative estimate of drug-likeness (QED) is 0.657. The summed E-state index contributed by atoms with van der Waals surface area (Å²) in [6.45, 7) is 4.33. The van der Waals surface area contributed by atoms with Gasteiger partial charge in [-0.05, 0) is 31.2 Å². The highest BCUT2D eigenvalue weighted by atomic mass is 16.6. The van der Waals surface area contributed by atoms with E-state index in [1.165, 1.54) is 6.07 Å². The summed E-state index contributed by atoms with van der Waals surface area (Å²) in [6.07, 6.45) is 0.872. The number of benzene rings is 1. The summed E-state index contributed by atoms with van der Waals surface area (Å²) in [5.74, 6) is 1.81. The molecule has 0 spiro atoms. The summed E-state index contributed by atoms with van der Waals surface area (Å²) >= 11 is 0. The molecule has 1 N–H and O–H groups in total. The van der Waals surface area contributed by atoms with Gasteiger partial charge in [0.2, 0.25) is 0 Å². The van der Waals surface area contributed by atoms with Gasteiger partial charge in [-0.25, -0.2) is 0 Å². The first kappa shape index (κ1) is 13.1. The maximum atomic E-state index is 10.7. The summed E-state index contributed by atoms with van der Waals surface area (Å²) in [5.41, 5.74) is 1.62. The zero-order chi connectivity index (χ0) is 13.8. The highest BCUT2D eigenvalue weighted by molar-refractivity contribution is 5.53. The zero-order valence-corrected chi connectivity index (χ0v) is 11.0. The number of anilines is 1. The Kier molecular flexibility index (Phi) is 3.85. The molecule has 0 aliphatic rings. The van der Waals surface area contributed by atoms with Crippen LogP contribution >= 0.6 is 0 Å². The van der Waals surface area contributed by atoms with E-state index in [0.717, 1.165) is 23.6 Å². The van der Waals surface area contributed by atoms with Gasteiger partial charge in [-0.1, -0.05) is 6.92 Å². The van der Waals surface area contributed by atoms with Crippen LogP contribution in [0.5, 0.6) is 0 Å². The molecule has 0 fully saturated rings. The van der Waals surface area contributed by atoms with Gasteiger partial charge in [0.1, 0.15) is 11.5 Å². The van der Waals surface area contributed by atoms with Crippen molar-refractivity contribution >= 4 is 11.4 Å². The van der Waals surface area contributed by atoms with Crippen LogP contribution in [0.2, 0.25) is 0 Å². The smallest absolute Gasteiger partial charge is 0.272 e. The average Bonchev–Trinajstić information content (AvgIpc) is 2.84. The Labute approximate surface area is 111 Å². The van der Waals surface area contributed by atoms with Gasteiger partial charge in [0.15, 0.2) is 0 Å². The van der Waals surface area contributed by atoms with Gasteiger partial charge in [0, 0.05) is 23.7 Å². The molecular formula is C14H16N2O3. The molecule has 2 aromatic rings. The summed E-state index contributed by atoms with van der Waals surface area (Å²) in [4.78, 5) is 10.3. The van der Waals surface area contributed by atoms with Gasteiger partial charge in [0.25, 0.3) is 5.69 Å². The number of hydrogen-bond donors (Lipinski definition) is 1. The van der Waals surface area contributed by atoms with Gasteiger partial charge < -0.3 is 9.73 Å². The van der Waals surface area contributed by atoms with Gasteiger partial charge in [-0.3, -0.25) is 10.1 Å². The van der Waals surface area contributed by atoms with Crippen LogP contribution in [0.15, 0.2) is 34.7 Å². The van der Waals surface area contributed by atoms with E-state index in [9.17, 15) is 10.1 Å². The SMILES string of the molecule is CCc1ccc(CNc2ccc([N+](=O)[O-])c(C)c2)o1. The van der Waals surface area contributed by atoms with Gasteiger partial charge in [-0.15, -0.1) is 0 Å². The van der Waals surface area contributed by atoms with Crippen LogP contribution in [-0.4, -0.2) is 4.92 Å².